The molecule has 3 aromatic carbocycles. The molecule has 14 nitrogen and oxygen atoms in total. The summed E-state index contributed by atoms with van der Waals surface area (Å²) in [5, 5.41) is 11.1. The predicted molar refractivity (Wildman–Crippen MR) is 205 cm³/mol. The molecule has 0 saturated carbocycles. The van der Waals surface area contributed by atoms with Crippen molar-refractivity contribution >= 4 is 8.53 Å². The molecule has 2 aliphatic heterocycles. The molecule has 0 amide bonds. The van der Waals surface area contributed by atoms with E-state index < -0.39 is 49.5 Å². The first-order chi connectivity index (χ1) is 26.5. The lowest BCUT2D eigenvalue weighted by atomic mass is 9.79. The van der Waals surface area contributed by atoms with Crippen LogP contribution >= 0.6 is 8.53 Å². The highest BCUT2D eigenvalue weighted by molar-refractivity contribution is 7.44. The summed E-state index contributed by atoms with van der Waals surface area (Å²) >= 11 is 0. The van der Waals surface area contributed by atoms with Crippen molar-refractivity contribution in [3.8, 4) is 17.6 Å². The van der Waals surface area contributed by atoms with Crippen molar-refractivity contribution in [2.75, 3.05) is 34.5 Å². The molecular weight excluding hydrogens is 725 g/mol. The molecule has 4 aromatic rings. The number of H-pyrrole nitrogens is 1. The predicted octanol–water partition coefficient (Wildman–Crippen LogP) is 5.69. The van der Waals surface area contributed by atoms with E-state index in [9.17, 15) is 14.9 Å². The Morgan fingerprint density at radius 3 is 2.00 bits per heavy atom. The van der Waals surface area contributed by atoms with Crippen molar-refractivity contribution in [1.82, 2.24) is 19.3 Å². The molecule has 2 bridgehead atoms. The van der Waals surface area contributed by atoms with E-state index in [4.69, 9.17) is 32.8 Å². The SMILES string of the molecule is COc1ccc(C(O[C@]23CN(OC)[C@@H]([C@@H](n4ccc(=O)[nH]c4=O)O2)[C@@H]3OP(OCCC#N)N(C(C)C)C(C)C)(c2ccccc2)c2ccc(OC)cc2)cc1. The lowest BCUT2D eigenvalue weighted by Crippen LogP contribution is -2.53. The zero-order valence-electron chi connectivity index (χ0n) is 32.1. The summed E-state index contributed by atoms with van der Waals surface area (Å²) in [4.78, 5) is 34.1. The van der Waals surface area contributed by atoms with E-state index in [0.29, 0.717) is 11.5 Å². The molecule has 15 heteroatoms. The number of fused-ring (bicyclic) bond motifs is 2. The van der Waals surface area contributed by atoms with Gasteiger partial charge in [-0.25, -0.2) is 9.46 Å². The highest BCUT2D eigenvalue weighted by atomic mass is 31.2. The summed E-state index contributed by atoms with van der Waals surface area (Å²) in [5.74, 6) is -0.345. The molecular formula is C40H48N5O9P. The van der Waals surface area contributed by atoms with Gasteiger partial charge in [0.15, 0.2) is 6.23 Å². The third-order valence-corrected chi connectivity index (χ3v) is 11.9. The van der Waals surface area contributed by atoms with E-state index in [1.165, 1.54) is 23.9 Å². The second-order valence-electron chi connectivity index (χ2n) is 13.8. The van der Waals surface area contributed by atoms with Gasteiger partial charge in [-0.05, 0) is 68.7 Å². The highest BCUT2D eigenvalue weighted by Gasteiger charge is 2.70. The summed E-state index contributed by atoms with van der Waals surface area (Å²) in [6.45, 7) is 8.39. The van der Waals surface area contributed by atoms with Crippen molar-refractivity contribution in [2.24, 2.45) is 0 Å². The molecule has 0 radical (unpaired) electrons. The smallest absolute Gasteiger partial charge is 0.330 e. The van der Waals surface area contributed by atoms with Gasteiger partial charge in [-0.15, -0.1) is 0 Å². The van der Waals surface area contributed by atoms with Crippen LogP contribution < -0.4 is 20.7 Å². The average molecular weight is 774 g/mol. The number of benzene rings is 3. The summed E-state index contributed by atoms with van der Waals surface area (Å²) in [7, 11) is 2.91. The maximum atomic E-state index is 13.5. The number of nitrogens with zero attached hydrogens (tertiary/aromatic N) is 4. The van der Waals surface area contributed by atoms with Crippen LogP contribution in [0.5, 0.6) is 11.5 Å². The third kappa shape index (κ3) is 7.85. The largest absolute Gasteiger partial charge is 0.497 e. The maximum Gasteiger partial charge on any atom is 0.330 e. The Morgan fingerprint density at radius 2 is 1.49 bits per heavy atom. The Balaban J connectivity index is 1.61. The molecule has 1 N–H and O–H groups in total. The Kier molecular flexibility index (Phi) is 12.6. The number of aromatic nitrogens is 2. The van der Waals surface area contributed by atoms with E-state index >= 15 is 0 Å². The lowest BCUT2D eigenvalue weighted by Gasteiger charge is -2.45. The zero-order valence-corrected chi connectivity index (χ0v) is 33.0. The molecule has 0 spiro atoms. The van der Waals surface area contributed by atoms with Crippen LogP contribution in [0.1, 0.15) is 57.0 Å². The number of hydroxylamine groups is 2. The van der Waals surface area contributed by atoms with Crippen LogP contribution in [0.4, 0.5) is 0 Å². The Bertz CT molecular complexity index is 1980. The van der Waals surface area contributed by atoms with Crippen molar-refractivity contribution in [3.63, 3.8) is 0 Å². The minimum atomic E-state index is -1.85. The van der Waals surface area contributed by atoms with Gasteiger partial charge in [0.1, 0.15) is 29.2 Å². The van der Waals surface area contributed by atoms with Crippen LogP contribution in [0.25, 0.3) is 0 Å². The van der Waals surface area contributed by atoms with Gasteiger partial charge in [-0.2, -0.15) is 10.3 Å². The Labute approximate surface area is 322 Å². The first-order valence-electron chi connectivity index (χ1n) is 18.1. The average Bonchev–Trinajstić information content (AvgIpc) is 3.64. The van der Waals surface area contributed by atoms with Gasteiger partial charge in [0.25, 0.3) is 14.1 Å². The van der Waals surface area contributed by atoms with E-state index in [0.717, 1.165) is 16.7 Å². The Morgan fingerprint density at radius 1 is 0.909 bits per heavy atom. The molecule has 2 saturated heterocycles. The van der Waals surface area contributed by atoms with Gasteiger partial charge in [0.2, 0.25) is 5.79 Å². The molecule has 0 aliphatic carbocycles. The summed E-state index contributed by atoms with van der Waals surface area (Å²) in [6.07, 6.45) is -0.456. The molecule has 1 aromatic heterocycles. The molecule has 1 unspecified atom stereocenters. The van der Waals surface area contributed by atoms with Crippen molar-refractivity contribution in [1.29, 1.82) is 5.26 Å². The van der Waals surface area contributed by atoms with Crippen molar-refractivity contribution in [3.05, 3.63) is 129 Å². The standard InChI is InChI=1S/C40H48N5O9P/c1-27(2)45(28(3)4)55(51-25-11-23-41)53-36-35-37(43-24-22-34(46)42-38(43)47)52-39(36,26-44(35)50-7)54-40(29-12-9-8-10-13-29,30-14-18-32(48-5)19-15-30)31-16-20-33(49-6)21-17-31/h8-10,12-22,24,27-28,35-37H,11,25-26H2,1-7H3,(H,42,46,47)/t35-,36+,37+,39+,55?/m1/s1. The van der Waals surface area contributed by atoms with Crippen LogP contribution in [0.15, 0.2) is 101 Å². The van der Waals surface area contributed by atoms with Gasteiger partial charge < -0.3 is 32.8 Å². The first-order valence-corrected chi connectivity index (χ1v) is 19.2. The van der Waals surface area contributed by atoms with Gasteiger partial charge in [0, 0.05) is 24.3 Å². The van der Waals surface area contributed by atoms with E-state index in [-0.39, 0.29) is 31.7 Å². The van der Waals surface area contributed by atoms with Crippen molar-refractivity contribution in [2.45, 2.75) is 76.0 Å². The third-order valence-electron chi connectivity index (χ3n) is 9.79. The van der Waals surface area contributed by atoms with Gasteiger partial charge >= 0.3 is 5.69 Å². The zero-order chi connectivity index (χ0) is 39.3. The van der Waals surface area contributed by atoms with Gasteiger partial charge in [-0.3, -0.25) is 14.3 Å². The number of morpholine rings is 1. The van der Waals surface area contributed by atoms with Gasteiger partial charge in [-0.1, -0.05) is 54.6 Å². The number of hydrogen-bond donors (Lipinski definition) is 1. The van der Waals surface area contributed by atoms with E-state index in [2.05, 4.69) is 43.4 Å². The fourth-order valence-electron chi connectivity index (χ4n) is 7.44. The Hall–Kier alpha value is -4.42. The fraction of sp³-hybridized carbons (Fsp3) is 0.425. The molecule has 6 rings (SSSR count). The van der Waals surface area contributed by atoms with Crippen LogP contribution in [-0.2, 0) is 29.0 Å². The minimum absolute atomic E-state index is 0.0109. The molecule has 292 valence electrons. The number of nitrogens with one attached hydrogen (secondary N) is 1. The van der Waals surface area contributed by atoms with Crippen LogP contribution in [0.2, 0.25) is 0 Å². The normalized spacial score (nSPS) is 21.7. The summed E-state index contributed by atoms with van der Waals surface area (Å²) in [6, 6.07) is 27.6. The molecule has 2 aliphatic rings. The number of ether oxygens (including phenoxy) is 4. The molecule has 5 atom stereocenters. The van der Waals surface area contributed by atoms with Crippen LogP contribution in [0, 0.1) is 11.3 Å². The summed E-state index contributed by atoms with van der Waals surface area (Å²) in [5.41, 5.74) is -0.326. The molecule has 55 heavy (non-hydrogen) atoms. The topological polar surface area (TPSA) is 150 Å². The molecule has 3 heterocycles. The lowest BCUT2D eigenvalue weighted by molar-refractivity contribution is -0.329. The van der Waals surface area contributed by atoms with E-state index in [1.807, 2.05) is 78.9 Å². The first kappa shape index (κ1) is 40.2. The maximum absolute atomic E-state index is 13.5. The number of methoxy groups -OCH3 is 2. The highest BCUT2D eigenvalue weighted by Crippen LogP contribution is 2.59. The minimum Gasteiger partial charge on any atom is -0.497 e. The number of nitriles is 1. The number of aromatic amines is 1. The number of hydrogen-bond acceptors (Lipinski definition) is 12. The van der Waals surface area contributed by atoms with Gasteiger partial charge in [0.05, 0.1) is 47.0 Å². The fourth-order valence-corrected chi connectivity index (χ4v) is 9.22. The van der Waals surface area contributed by atoms with E-state index in [1.54, 1.807) is 19.3 Å². The second-order valence-corrected chi connectivity index (χ2v) is 15.2. The monoisotopic (exact) mass is 773 g/mol. The number of rotatable bonds is 17. The summed E-state index contributed by atoms with van der Waals surface area (Å²) < 4.78 is 42.9. The van der Waals surface area contributed by atoms with Crippen molar-refractivity contribution < 1.29 is 32.8 Å². The molecule has 2 fully saturated rings. The second kappa shape index (κ2) is 17.2. The quantitative estimate of drug-likeness (QED) is 0.0798. The van der Waals surface area contributed by atoms with Crippen LogP contribution in [0.3, 0.4) is 0 Å². The van der Waals surface area contributed by atoms with Crippen LogP contribution in [-0.4, -0.2) is 83.8 Å².